The van der Waals surface area contributed by atoms with E-state index in [-0.39, 0.29) is 0 Å². The lowest BCUT2D eigenvalue weighted by Gasteiger charge is -2.28. The van der Waals surface area contributed by atoms with Crippen molar-refractivity contribution >= 4 is 50.6 Å². The predicted octanol–water partition coefficient (Wildman–Crippen LogP) is 5.03. The Morgan fingerprint density at radius 2 is 1.97 bits per heavy atom. The van der Waals surface area contributed by atoms with E-state index in [9.17, 15) is 4.79 Å². The predicted molar refractivity (Wildman–Crippen MR) is 117 cm³/mol. The van der Waals surface area contributed by atoms with Gasteiger partial charge >= 0.3 is 0 Å². The summed E-state index contributed by atoms with van der Waals surface area (Å²) in [6.07, 6.45) is 4.01. The second-order valence-electron chi connectivity index (χ2n) is 6.81. The molecule has 8 heteroatoms. The molecule has 1 unspecified atom stereocenters. The molecule has 0 bridgehead atoms. The van der Waals surface area contributed by atoms with Gasteiger partial charge < -0.3 is 14.1 Å². The molecule has 148 valence electrons. The van der Waals surface area contributed by atoms with Crippen LogP contribution in [0.5, 0.6) is 5.75 Å². The van der Waals surface area contributed by atoms with Gasteiger partial charge in [-0.15, -0.1) is 0 Å². The molecule has 0 radical (unpaired) electrons. The van der Waals surface area contributed by atoms with Crippen LogP contribution in [0.15, 0.2) is 71.4 Å². The maximum atomic E-state index is 12.3. The number of aldehydes is 1. The van der Waals surface area contributed by atoms with Crippen LogP contribution >= 0.6 is 27.5 Å². The Kier molecular flexibility index (Phi) is 4.84. The van der Waals surface area contributed by atoms with E-state index in [1.54, 1.807) is 6.33 Å². The third-order valence-corrected chi connectivity index (χ3v) is 5.81. The first-order valence-electron chi connectivity index (χ1n) is 9.18. The van der Waals surface area contributed by atoms with Gasteiger partial charge in [-0.1, -0.05) is 57.9 Å². The standard InChI is InChI=1S/C22H14BrClN4O2/c23-14-6-7-17-15(8-14)16(10-29)19(13-4-2-1-3-5-13)18(30-17)9-28-12-27-20-21(24)25-11-26-22(20)28/h1-8,10-12,16H,9H2. The molecule has 0 saturated carbocycles. The summed E-state index contributed by atoms with van der Waals surface area (Å²) in [6.45, 7) is 0.341. The molecule has 6 nitrogen and oxygen atoms in total. The highest BCUT2D eigenvalue weighted by molar-refractivity contribution is 9.10. The fourth-order valence-corrected chi connectivity index (χ4v) is 4.27. The molecule has 0 N–H and O–H groups in total. The summed E-state index contributed by atoms with van der Waals surface area (Å²) in [6, 6.07) is 15.5. The summed E-state index contributed by atoms with van der Waals surface area (Å²) in [5, 5.41) is 0.293. The number of ether oxygens (including phenoxy) is 1. The second kappa shape index (κ2) is 7.66. The van der Waals surface area contributed by atoms with Gasteiger partial charge in [0.25, 0.3) is 0 Å². The number of imidazole rings is 1. The number of benzene rings is 2. The van der Waals surface area contributed by atoms with Crippen molar-refractivity contribution in [2.24, 2.45) is 0 Å². The van der Waals surface area contributed by atoms with Crippen LogP contribution in [0.1, 0.15) is 17.0 Å². The molecule has 2 aromatic carbocycles. The van der Waals surface area contributed by atoms with E-state index in [4.69, 9.17) is 16.3 Å². The van der Waals surface area contributed by atoms with Gasteiger partial charge in [0.05, 0.1) is 18.8 Å². The number of rotatable bonds is 4. The Balaban J connectivity index is 1.69. The van der Waals surface area contributed by atoms with E-state index in [0.717, 1.165) is 27.5 Å². The largest absolute Gasteiger partial charge is 0.459 e. The molecule has 1 aliphatic heterocycles. The number of hydrogen-bond acceptors (Lipinski definition) is 5. The van der Waals surface area contributed by atoms with Crippen molar-refractivity contribution in [3.63, 3.8) is 0 Å². The third kappa shape index (κ3) is 3.20. The number of carbonyl (C=O) groups excluding carboxylic acids is 1. The normalized spacial score (nSPS) is 15.7. The molecular formula is C22H14BrClN4O2. The van der Waals surface area contributed by atoms with Gasteiger partial charge in [-0.05, 0) is 23.8 Å². The zero-order chi connectivity index (χ0) is 20.7. The lowest BCUT2D eigenvalue weighted by atomic mass is 9.84. The molecule has 1 aliphatic rings. The molecule has 0 spiro atoms. The van der Waals surface area contributed by atoms with Gasteiger partial charge in [-0.2, -0.15) is 0 Å². The SMILES string of the molecule is O=CC1C(c2ccccc2)=C(Cn2cnc3c(Cl)ncnc32)Oc2ccc(Br)cc21. The van der Waals surface area contributed by atoms with Crippen molar-refractivity contribution < 1.29 is 9.53 Å². The minimum absolute atomic E-state index is 0.293. The van der Waals surface area contributed by atoms with Crippen LogP contribution in [0, 0.1) is 0 Å². The van der Waals surface area contributed by atoms with Crippen molar-refractivity contribution in [1.29, 1.82) is 0 Å². The molecule has 0 aliphatic carbocycles. The van der Waals surface area contributed by atoms with Crippen molar-refractivity contribution in [2.75, 3.05) is 0 Å². The van der Waals surface area contributed by atoms with E-state index in [1.165, 1.54) is 6.33 Å². The molecule has 0 fully saturated rings. The number of aromatic nitrogens is 4. The first-order chi connectivity index (χ1) is 14.7. The van der Waals surface area contributed by atoms with Gasteiger partial charge in [0.15, 0.2) is 10.8 Å². The van der Waals surface area contributed by atoms with Crippen LogP contribution in [-0.2, 0) is 11.3 Å². The molecule has 4 aromatic rings. The highest BCUT2D eigenvalue weighted by Crippen LogP contribution is 2.44. The van der Waals surface area contributed by atoms with E-state index in [0.29, 0.717) is 34.4 Å². The molecule has 2 aromatic heterocycles. The molecule has 3 heterocycles. The maximum absolute atomic E-state index is 12.3. The third-order valence-electron chi connectivity index (χ3n) is 5.04. The highest BCUT2D eigenvalue weighted by Gasteiger charge is 2.31. The van der Waals surface area contributed by atoms with Gasteiger partial charge in [-0.3, -0.25) is 0 Å². The monoisotopic (exact) mass is 480 g/mol. The Bertz CT molecular complexity index is 1300. The van der Waals surface area contributed by atoms with Crippen molar-refractivity contribution in [2.45, 2.75) is 12.5 Å². The van der Waals surface area contributed by atoms with Crippen LogP contribution in [0.2, 0.25) is 5.15 Å². The zero-order valence-corrected chi connectivity index (χ0v) is 17.8. The first kappa shape index (κ1) is 19.0. The molecule has 30 heavy (non-hydrogen) atoms. The van der Waals surface area contributed by atoms with Crippen molar-refractivity contribution in [1.82, 2.24) is 19.5 Å². The minimum atomic E-state index is -0.461. The number of hydrogen-bond donors (Lipinski definition) is 0. The Labute approximate surface area is 185 Å². The summed E-state index contributed by atoms with van der Waals surface area (Å²) < 4.78 is 9.04. The number of nitrogens with zero attached hydrogens (tertiary/aromatic N) is 4. The van der Waals surface area contributed by atoms with Crippen LogP contribution in [0.4, 0.5) is 0 Å². The summed E-state index contributed by atoms with van der Waals surface area (Å²) >= 11 is 9.64. The van der Waals surface area contributed by atoms with E-state index < -0.39 is 5.92 Å². The summed E-state index contributed by atoms with van der Waals surface area (Å²) in [4.78, 5) is 24.9. The fraction of sp³-hybridized carbons (Fsp3) is 0.0909. The number of halogens is 2. The first-order valence-corrected chi connectivity index (χ1v) is 10.3. The van der Waals surface area contributed by atoms with Crippen LogP contribution < -0.4 is 4.74 Å². The van der Waals surface area contributed by atoms with Crippen LogP contribution in [0.3, 0.4) is 0 Å². The van der Waals surface area contributed by atoms with Crippen molar-refractivity contribution in [3.05, 3.63) is 87.7 Å². The molecule has 0 amide bonds. The molecule has 5 rings (SSSR count). The van der Waals surface area contributed by atoms with Crippen LogP contribution in [0.25, 0.3) is 16.7 Å². The highest BCUT2D eigenvalue weighted by atomic mass is 79.9. The molecule has 1 atom stereocenters. The average molecular weight is 482 g/mol. The van der Waals surface area contributed by atoms with Gasteiger partial charge in [0.1, 0.15) is 29.6 Å². The number of allylic oxidation sites excluding steroid dienone is 2. The lowest BCUT2D eigenvalue weighted by Crippen LogP contribution is -2.19. The fourth-order valence-electron chi connectivity index (χ4n) is 3.71. The van der Waals surface area contributed by atoms with E-state index in [2.05, 4.69) is 30.9 Å². The van der Waals surface area contributed by atoms with Gasteiger partial charge in [0.2, 0.25) is 0 Å². The Hall–Kier alpha value is -3.03. The average Bonchev–Trinajstić information content (AvgIpc) is 3.18. The van der Waals surface area contributed by atoms with Crippen LogP contribution in [-0.4, -0.2) is 25.8 Å². The van der Waals surface area contributed by atoms with E-state index in [1.807, 2.05) is 53.1 Å². The van der Waals surface area contributed by atoms with Gasteiger partial charge in [0, 0.05) is 15.6 Å². The van der Waals surface area contributed by atoms with Gasteiger partial charge in [-0.25, -0.2) is 15.0 Å². The summed E-state index contributed by atoms with van der Waals surface area (Å²) in [5.41, 5.74) is 3.68. The number of fused-ring (bicyclic) bond motifs is 2. The number of carbonyl (C=O) groups is 1. The summed E-state index contributed by atoms with van der Waals surface area (Å²) in [7, 11) is 0. The minimum Gasteiger partial charge on any atom is -0.459 e. The topological polar surface area (TPSA) is 69.9 Å². The second-order valence-corrected chi connectivity index (χ2v) is 8.08. The smallest absolute Gasteiger partial charge is 0.165 e. The summed E-state index contributed by atoms with van der Waals surface area (Å²) in [5.74, 6) is 0.848. The van der Waals surface area contributed by atoms with E-state index >= 15 is 0 Å². The molecule has 0 saturated heterocycles. The Morgan fingerprint density at radius 3 is 2.77 bits per heavy atom. The lowest BCUT2D eigenvalue weighted by molar-refractivity contribution is -0.108. The molecular weight excluding hydrogens is 468 g/mol. The maximum Gasteiger partial charge on any atom is 0.165 e. The zero-order valence-electron chi connectivity index (χ0n) is 15.5. The quantitative estimate of drug-likeness (QED) is 0.302. The Morgan fingerprint density at radius 1 is 1.13 bits per heavy atom. The van der Waals surface area contributed by atoms with Crippen molar-refractivity contribution in [3.8, 4) is 5.75 Å².